The molecule has 1 amide bonds. The predicted octanol–water partition coefficient (Wildman–Crippen LogP) is 2.53. The molecule has 6 nitrogen and oxygen atoms in total. The summed E-state index contributed by atoms with van der Waals surface area (Å²) >= 11 is 0. The van der Waals surface area contributed by atoms with E-state index in [1.54, 1.807) is 7.11 Å². The van der Waals surface area contributed by atoms with Crippen molar-refractivity contribution in [3.63, 3.8) is 0 Å². The largest absolute Gasteiger partial charge is 0.496 e. The molecule has 0 saturated carbocycles. The van der Waals surface area contributed by atoms with Crippen molar-refractivity contribution < 1.29 is 9.53 Å². The molecule has 4 rings (SSSR count). The zero-order valence-electron chi connectivity index (χ0n) is 16.6. The number of aromatic nitrogens is 2. The molecule has 1 aromatic carbocycles. The van der Waals surface area contributed by atoms with E-state index in [0.29, 0.717) is 18.7 Å². The fourth-order valence-electron chi connectivity index (χ4n) is 4.74. The predicted molar refractivity (Wildman–Crippen MR) is 107 cm³/mol. The number of fused-ring (bicyclic) bond motifs is 2. The number of aryl methyl sites for hydroxylation is 2. The van der Waals surface area contributed by atoms with Crippen molar-refractivity contribution >= 4 is 5.91 Å². The number of carbonyl (C=O) groups is 1. The Morgan fingerprint density at radius 2 is 2.00 bits per heavy atom. The van der Waals surface area contributed by atoms with Crippen molar-refractivity contribution in [1.82, 2.24) is 14.9 Å². The smallest absolute Gasteiger partial charge is 0.254 e. The molecule has 2 heterocycles. The molecule has 1 aliphatic heterocycles. The van der Waals surface area contributed by atoms with Gasteiger partial charge in [0.1, 0.15) is 11.6 Å². The fraction of sp³-hybridized carbons (Fsp3) is 0.500. The maximum atomic E-state index is 12.7. The first-order chi connectivity index (χ1) is 13.5. The minimum atomic E-state index is -0.0339. The molecule has 0 radical (unpaired) electrons. The Bertz CT molecular complexity index is 942. The fourth-order valence-corrected chi connectivity index (χ4v) is 4.74. The minimum absolute atomic E-state index is 0.00897. The van der Waals surface area contributed by atoms with E-state index in [-0.39, 0.29) is 16.9 Å². The summed E-state index contributed by atoms with van der Waals surface area (Å²) in [5.41, 5.74) is 2.87. The Morgan fingerprint density at radius 3 is 2.75 bits per heavy atom. The molecular formula is C22H27N3O3. The lowest BCUT2D eigenvalue weighted by molar-refractivity contribution is -0.132. The van der Waals surface area contributed by atoms with Crippen LogP contribution in [0.4, 0.5) is 0 Å². The quantitative estimate of drug-likeness (QED) is 0.883. The number of nitrogens with one attached hydrogen (secondary N) is 1. The molecule has 0 atom stereocenters. The number of rotatable bonds is 4. The van der Waals surface area contributed by atoms with Gasteiger partial charge in [0.2, 0.25) is 5.91 Å². The van der Waals surface area contributed by atoms with E-state index in [2.05, 4.69) is 9.97 Å². The Kier molecular flexibility index (Phi) is 4.96. The van der Waals surface area contributed by atoms with Crippen molar-refractivity contribution in [2.24, 2.45) is 0 Å². The monoisotopic (exact) mass is 381 g/mol. The van der Waals surface area contributed by atoms with Gasteiger partial charge in [-0.3, -0.25) is 9.59 Å². The first-order valence-electron chi connectivity index (χ1n) is 10.0. The molecule has 28 heavy (non-hydrogen) atoms. The van der Waals surface area contributed by atoms with E-state index < -0.39 is 0 Å². The molecule has 0 unspecified atom stereocenters. The Balaban J connectivity index is 1.40. The van der Waals surface area contributed by atoms with Gasteiger partial charge >= 0.3 is 0 Å². The lowest BCUT2D eigenvalue weighted by atomic mass is 9.76. The second-order valence-corrected chi connectivity index (χ2v) is 7.95. The van der Waals surface area contributed by atoms with E-state index in [4.69, 9.17) is 4.74 Å². The molecule has 1 fully saturated rings. The van der Waals surface area contributed by atoms with Gasteiger partial charge in [0.15, 0.2) is 0 Å². The topological polar surface area (TPSA) is 75.3 Å². The SMILES string of the molecule is COc1ccccc1CCC(=O)N1CCC2(CCc3c2nc(C)[nH]c3=O)CC1. The Labute approximate surface area is 164 Å². The number of para-hydroxylation sites is 1. The highest BCUT2D eigenvalue weighted by Gasteiger charge is 2.44. The number of amides is 1. The summed E-state index contributed by atoms with van der Waals surface area (Å²) in [5, 5.41) is 0. The number of hydrogen-bond acceptors (Lipinski definition) is 4. The number of carbonyl (C=O) groups excluding carboxylic acids is 1. The standard InChI is InChI=1S/C22H27N3O3/c1-15-23-20-17(21(27)24-15)9-10-22(20)11-13-25(14-12-22)19(26)8-7-16-5-3-4-6-18(16)28-2/h3-6H,7-14H2,1-2H3,(H,23,24,27). The van der Waals surface area contributed by atoms with Crippen molar-refractivity contribution in [2.45, 2.75) is 50.9 Å². The van der Waals surface area contributed by atoms with Gasteiger partial charge in [-0.1, -0.05) is 18.2 Å². The number of hydrogen-bond donors (Lipinski definition) is 1. The highest BCUT2D eigenvalue weighted by Crippen LogP contribution is 2.44. The van der Waals surface area contributed by atoms with Crippen LogP contribution in [-0.4, -0.2) is 41.0 Å². The molecule has 2 aromatic rings. The van der Waals surface area contributed by atoms with Gasteiger partial charge in [-0.2, -0.15) is 0 Å². The normalized spacial score (nSPS) is 17.6. The summed E-state index contributed by atoms with van der Waals surface area (Å²) in [7, 11) is 1.66. The Hall–Kier alpha value is -2.63. The minimum Gasteiger partial charge on any atom is -0.496 e. The van der Waals surface area contributed by atoms with Crippen LogP contribution in [-0.2, 0) is 23.1 Å². The van der Waals surface area contributed by atoms with Gasteiger partial charge in [0.25, 0.3) is 5.56 Å². The zero-order chi connectivity index (χ0) is 19.7. The van der Waals surface area contributed by atoms with Crippen LogP contribution in [0.15, 0.2) is 29.1 Å². The van der Waals surface area contributed by atoms with Crippen molar-refractivity contribution in [1.29, 1.82) is 0 Å². The molecule has 1 aliphatic carbocycles. The van der Waals surface area contributed by atoms with Gasteiger partial charge < -0.3 is 14.6 Å². The average Bonchev–Trinajstić information content (AvgIpc) is 3.05. The van der Waals surface area contributed by atoms with E-state index in [1.165, 1.54) is 0 Å². The van der Waals surface area contributed by atoms with Crippen LogP contribution in [0.2, 0.25) is 0 Å². The maximum absolute atomic E-state index is 12.7. The van der Waals surface area contributed by atoms with Crippen LogP contribution in [0.1, 0.15) is 48.3 Å². The third-order valence-electron chi connectivity index (χ3n) is 6.36. The van der Waals surface area contributed by atoms with Gasteiger partial charge in [-0.25, -0.2) is 4.98 Å². The molecule has 2 aliphatic rings. The lowest BCUT2D eigenvalue weighted by Crippen LogP contribution is -2.45. The number of ether oxygens (including phenoxy) is 1. The lowest BCUT2D eigenvalue weighted by Gasteiger charge is -2.39. The van der Waals surface area contributed by atoms with Crippen LogP contribution < -0.4 is 10.3 Å². The van der Waals surface area contributed by atoms with Crippen LogP contribution in [0.25, 0.3) is 0 Å². The van der Waals surface area contributed by atoms with E-state index in [9.17, 15) is 9.59 Å². The summed E-state index contributed by atoms with van der Waals surface area (Å²) < 4.78 is 5.38. The number of benzene rings is 1. The van der Waals surface area contributed by atoms with Crippen molar-refractivity contribution in [2.75, 3.05) is 20.2 Å². The summed E-state index contributed by atoms with van der Waals surface area (Å²) in [5.74, 6) is 1.71. The molecule has 1 saturated heterocycles. The first-order valence-corrected chi connectivity index (χ1v) is 10.0. The summed E-state index contributed by atoms with van der Waals surface area (Å²) in [6.07, 6.45) is 4.70. The van der Waals surface area contributed by atoms with E-state index in [1.807, 2.05) is 36.1 Å². The summed E-state index contributed by atoms with van der Waals surface area (Å²) in [6, 6.07) is 7.85. The summed E-state index contributed by atoms with van der Waals surface area (Å²) in [6.45, 7) is 3.31. The van der Waals surface area contributed by atoms with Crippen molar-refractivity contribution in [3.8, 4) is 5.75 Å². The number of aromatic amines is 1. The summed E-state index contributed by atoms with van der Waals surface area (Å²) in [4.78, 5) is 34.4. The number of H-pyrrole nitrogens is 1. The highest BCUT2D eigenvalue weighted by molar-refractivity contribution is 5.76. The van der Waals surface area contributed by atoms with Crippen LogP contribution in [0.5, 0.6) is 5.75 Å². The van der Waals surface area contributed by atoms with Crippen molar-refractivity contribution in [3.05, 3.63) is 57.3 Å². The van der Waals surface area contributed by atoms with Gasteiger partial charge in [0, 0.05) is 30.5 Å². The van der Waals surface area contributed by atoms with Crippen LogP contribution in [0.3, 0.4) is 0 Å². The van der Waals surface area contributed by atoms with E-state index in [0.717, 1.165) is 61.3 Å². The maximum Gasteiger partial charge on any atom is 0.254 e. The molecular weight excluding hydrogens is 354 g/mol. The number of nitrogens with zero attached hydrogens (tertiary/aromatic N) is 2. The number of methoxy groups -OCH3 is 1. The van der Waals surface area contributed by atoms with E-state index >= 15 is 0 Å². The van der Waals surface area contributed by atoms with Gasteiger partial charge in [0.05, 0.1) is 12.8 Å². The third-order valence-corrected chi connectivity index (χ3v) is 6.36. The molecule has 1 N–H and O–H groups in total. The highest BCUT2D eigenvalue weighted by atomic mass is 16.5. The molecule has 1 spiro atoms. The molecule has 1 aromatic heterocycles. The Morgan fingerprint density at radius 1 is 1.25 bits per heavy atom. The number of likely N-dealkylation sites (tertiary alicyclic amines) is 1. The molecule has 148 valence electrons. The van der Waals surface area contributed by atoms with Crippen LogP contribution in [0, 0.1) is 6.92 Å². The zero-order valence-corrected chi connectivity index (χ0v) is 16.6. The second kappa shape index (κ2) is 7.41. The first kappa shape index (κ1) is 18.7. The second-order valence-electron chi connectivity index (χ2n) is 7.95. The molecule has 0 bridgehead atoms. The third kappa shape index (κ3) is 3.32. The van der Waals surface area contributed by atoms with Gasteiger partial charge in [-0.15, -0.1) is 0 Å². The van der Waals surface area contributed by atoms with Gasteiger partial charge in [-0.05, 0) is 50.7 Å². The van der Waals surface area contributed by atoms with Crippen LogP contribution >= 0.6 is 0 Å². The molecule has 6 heteroatoms. The number of piperidine rings is 1. The average molecular weight is 381 g/mol.